The van der Waals surface area contributed by atoms with E-state index in [2.05, 4.69) is 6.58 Å². The molecule has 2 aromatic rings. The first-order valence-corrected chi connectivity index (χ1v) is 13.9. The number of amides is 3. The number of hydrogen-bond donors (Lipinski definition) is 0. The Labute approximate surface area is 232 Å². The first-order chi connectivity index (χ1) is 18.4. The van der Waals surface area contributed by atoms with Crippen molar-refractivity contribution in [2.24, 2.45) is 0 Å². The summed E-state index contributed by atoms with van der Waals surface area (Å²) in [6.07, 6.45) is 6.91. The second kappa shape index (κ2) is 13.0. The molecule has 0 spiro atoms. The lowest BCUT2D eigenvalue weighted by Crippen LogP contribution is -2.44. The lowest BCUT2D eigenvalue weighted by Gasteiger charge is -2.27. The van der Waals surface area contributed by atoms with Crippen molar-refractivity contribution < 1.29 is 23.9 Å². The summed E-state index contributed by atoms with van der Waals surface area (Å²) in [4.78, 5) is 41.4. The Morgan fingerprint density at radius 1 is 1.11 bits per heavy atom. The smallest absolute Gasteiger partial charge is 0.294 e. The van der Waals surface area contributed by atoms with Crippen molar-refractivity contribution in [2.75, 3.05) is 26.2 Å². The Balaban J connectivity index is 1.57. The van der Waals surface area contributed by atoms with Crippen molar-refractivity contribution in [2.45, 2.75) is 39.2 Å². The van der Waals surface area contributed by atoms with E-state index in [-0.39, 0.29) is 24.0 Å². The highest BCUT2D eigenvalue weighted by Crippen LogP contribution is 2.38. The number of halogens is 1. The maximum atomic E-state index is 13.1. The first kappa shape index (κ1) is 27.8. The lowest BCUT2D eigenvalue weighted by atomic mass is 10.0. The van der Waals surface area contributed by atoms with Crippen LogP contribution in [-0.2, 0) is 22.6 Å². The van der Waals surface area contributed by atoms with Gasteiger partial charge in [-0.25, -0.2) is 0 Å². The molecule has 38 heavy (non-hydrogen) atoms. The second-order valence-electron chi connectivity index (χ2n) is 9.02. The Hall–Kier alpha value is -3.23. The Bertz CT molecular complexity index is 1260. The van der Waals surface area contributed by atoms with Crippen LogP contribution in [0.25, 0.3) is 6.08 Å². The fraction of sp³-hybridized carbons (Fsp3) is 0.345. The first-order valence-electron chi connectivity index (χ1n) is 12.7. The van der Waals surface area contributed by atoms with E-state index in [4.69, 9.17) is 21.1 Å². The maximum Gasteiger partial charge on any atom is 0.294 e. The van der Waals surface area contributed by atoms with Gasteiger partial charge in [-0.2, -0.15) is 0 Å². The number of thioether (sulfide) groups is 1. The number of hydrogen-bond acceptors (Lipinski definition) is 6. The van der Waals surface area contributed by atoms with Crippen molar-refractivity contribution in [1.29, 1.82) is 0 Å². The summed E-state index contributed by atoms with van der Waals surface area (Å²) < 4.78 is 12.1. The normalized spacial score (nSPS) is 16.7. The van der Waals surface area contributed by atoms with E-state index >= 15 is 0 Å². The summed E-state index contributed by atoms with van der Waals surface area (Å²) in [5.41, 5.74) is 2.35. The molecule has 2 aliphatic rings. The van der Waals surface area contributed by atoms with Crippen LogP contribution in [0, 0.1) is 0 Å². The molecule has 0 unspecified atom stereocenters. The van der Waals surface area contributed by atoms with E-state index < -0.39 is 11.1 Å². The van der Waals surface area contributed by atoms with Crippen LogP contribution in [-0.4, -0.2) is 53.1 Å². The molecule has 0 saturated carbocycles. The molecule has 2 aromatic carbocycles. The molecule has 0 bridgehead atoms. The molecular formula is C29H31ClN2O5S. The average Bonchev–Trinajstić information content (AvgIpc) is 3.17. The van der Waals surface area contributed by atoms with Crippen LogP contribution in [0.2, 0.25) is 5.02 Å². The van der Waals surface area contributed by atoms with E-state index in [0.29, 0.717) is 48.2 Å². The van der Waals surface area contributed by atoms with Crippen LogP contribution in [0.4, 0.5) is 4.79 Å². The molecule has 0 aromatic heterocycles. The predicted molar refractivity (Wildman–Crippen MR) is 150 cm³/mol. The molecule has 7 nitrogen and oxygen atoms in total. The zero-order chi connectivity index (χ0) is 27.1. The topological polar surface area (TPSA) is 76.2 Å². The number of nitrogens with zero attached hydrogens (tertiary/aromatic N) is 2. The zero-order valence-electron chi connectivity index (χ0n) is 21.4. The van der Waals surface area contributed by atoms with Gasteiger partial charge in [-0.1, -0.05) is 35.9 Å². The van der Waals surface area contributed by atoms with E-state index in [0.717, 1.165) is 47.1 Å². The number of piperidine rings is 1. The minimum atomic E-state index is -0.465. The number of rotatable bonds is 10. The summed E-state index contributed by atoms with van der Waals surface area (Å²) in [7, 11) is 0. The molecule has 3 amide bonds. The van der Waals surface area contributed by atoms with Crippen LogP contribution < -0.4 is 9.47 Å². The third-order valence-corrected chi connectivity index (χ3v) is 7.60. The highest BCUT2D eigenvalue weighted by molar-refractivity contribution is 8.18. The van der Waals surface area contributed by atoms with Crippen molar-refractivity contribution in [1.82, 2.24) is 9.80 Å². The van der Waals surface area contributed by atoms with Gasteiger partial charge in [-0.05, 0) is 74.2 Å². The molecule has 4 rings (SSSR count). The molecule has 0 atom stereocenters. The van der Waals surface area contributed by atoms with Crippen LogP contribution in [0.1, 0.15) is 42.9 Å². The molecule has 200 valence electrons. The minimum Gasteiger partial charge on any atom is -0.490 e. The lowest BCUT2D eigenvalue weighted by molar-refractivity contribution is -0.136. The van der Waals surface area contributed by atoms with E-state index in [1.807, 2.05) is 37.3 Å². The summed E-state index contributed by atoms with van der Waals surface area (Å²) in [6, 6.07) is 11.1. The molecular weight excluding hydrogens is 524 g/mol. The SMILES string of the molecule is C=CCc1cc(/C=C2\SC(=O)N(CC(=O)N3CCCCC3)C2=O)cc(OCC)c1OCc1ccccc1Cl. The van der Waals surface area contributed by atoms with Crippen LogP contribution in [0.3, 0.4) is 0 Å². The Morgan fingerprint density at radius 2 is 1.87 bits per heavy atom. The molecule has 0 N–H and O–H groups in total. The summed E-state index contributed by atoms with van der Waals surface area (Å²) in [5.74, 6) is 0.432. The monoisotopic (exact) mass is 554 g/mol. The summed E-state index contributed by atoms with van der Waals surface area (Å²) in [5, 5.41) is 0.171. The fourth-order valence-corrected chi connectivity index (χ4v) is 5.46. The van der Waals surface area contributed by atoms with Crippen LogP contribution in [0.15, 0.2) is 54.0 Å². The van der Waals surface area contributed by atoms with Gasteiger partial charge in [-0.15, -0.1) is 6.58 Å². The van der Waals surface area contributed by atoms with E-state index in [1.165, 1.54) is 0 Å². The van der Waals surface area contributed by atoms with Gasteiger partial charge in [0.05, 0.1) is 11.5 Å². The van der Waals surface area contributed by atoms with E-state index in [1.54, 1.807) is 23.1 Å². The number of carbonyl (C=O) groups is 3. The third kappa shape index (κ3) is 6.60. The number of carbonyl (C=O) groups excluding carboxylic acids is 3. The standard InChI is InChI=1S/C29H31ClN2O5S/c1-3-10-21-15-20(16-24(36-4-2)27(21)37-19-22-11-6-7-12-23(22)30)17-25-28(34)32(29(35)38-25)18-26(33)31-13-8-5-9-14-31/h3,6-7,11-12,15-17H,1,4-5,8-10,13-14,18-19H2,2H3/b25-17-. The van der Waals surface area contributed by atoms with Crippen LogP contribution >= 0.6 is 23.4 Å². The van der Waals surface area contributed by atoms with Gasteiger partial charge in [0.2, 0.25) is 5.91 Å². The molecule has 2 aliphatic heterocycles. The van der Waals surface area contributed by atoms with Gasteiger partial charge < -0.3 is 14.4 Å². The van der Waals surface area contributed by atoms with Crippen molar-refractivity contribution in [3.8, 4) is 11.5 Å². The van der Waals surface area contributed by atoms with E-state index in [9.17, 15) is 14.4 Å². The molecule has 9 heteroatoms. The Morgan fingerprint density at radius 3 is 2.58 bits per heavy atom. The highest BCUT2D eigenvalue weighted by Gasteiger charge is 2.37. The van der Waals surface area contributed by atoms with Crippen LogP contribution in [0.5, 0.6) is 11.5 Å². The van der Waals surface area contributed by atoms with Gasteiger partial charge in [0.25, 0.3) is 11.1 Å². The van der Waals surface area contributed by atoms with Crippen molar-refractivity contribution >= 4 is 46.5 Å². The molecule has 0 radical (unpaired) electrons. The predicted octanol–water partition coefficient (Wildman–Crippen LogP) is 6.10. The third-order valence-electron chi connectivity index (χ3n) is 6.32. The second-order valence-corrected chi connectivity index (χ2v) is 10.4. The number of ether oxygens (including phenoxy) is 2. The summed E-state index contributed by atoms with van der Waals surface area (Å²) >= 11 is 7.14. The quantitative estimate of drug-likeness (QED) is 0.261. The van der Waals surface area contributed by atoms with Gasteiger partial charge in [0.15, 0.2) is 11.5 Å². The summed E-state index contributed by atoms with van der Waals surface area (Å²) in [6.45, 7) is 7.51. The van der Waals surface area contributed by atoms with Gasteiger partial charge in [-0.3, -0.25) is 19.3 Å². The zero-order valence-corrected chi connectivity index (χ0v) is 23.0. The number of imide groups is 1. The van der Waals surface area contributed by atoms with Gasteiger partial charge in [0.1, 0.15) is 13.2 Å². The average molecular weight is 555 g/mol. The molecule has 2 heterocycles. The molecule has 2 saturated heterocycles. The molecule has 0 aliphatic carbocycles. The molecule has 2 fully saturated rings. The van der Waals surface area contributed by atoms with Gasteiger partial charge in [0, 0.05) is 29.2 Å². The van der Waals surface area contributed by atoms with Crippen molar-refractivity contribution in [3.05, 3.63) is 75.7 Å². The number of benzene rings is 2. The highest BCUT2D eigenvalue weighted by atomic mass is 35.5. The number of likely N-dealkylation sites (tertiary alicyclic amines) is 1. The largest absolute Gasteiger partial charge is 0.490 e. The van der Waals surface area contributed by atoms with Gasteiger partial charge >= 0.3 is 0 Å². The fourth-order valence-electron chi connectivity index (χ4n) is 4.43. The Kier molecular flexibility index (Phi) is 9.53. The van der Waals surface area contributed by atoms with Crippen molar-refractivity contribution in [3.63, 3.8) is 0 Å². The minimum absolute atomic E-state index is 0.194. The number of allylic oxidation sites excluding steroid dienone is 1. The maximum absolute atomic E-state index is 13.1.